The van der Waals surface area contributed by atoms with Crippen LogP contribution in [0.5, 0.6) is 5.75 Å². The van der Waals surface area contributed by atoms with E-state index in [1.165, 1.54) is 23.9 Å². The van der Waals surface area contributed by atoms with Crippen LogP contribution in [-0.2, 0) is 6.18 Å². The van der Waals surface area contributed by atoms with Crippen molar-refractivity contribution >= 4 is 23.2 Å². The Kier molecular flexibility index (Phi) is 5.45. The van der Waals surface area contributed by atoms with Gasteiger partial charge < -0.3 is 5.11 Å². The van der Waals surface area contributed by atoms with Gasteiger partial charge in [-0.05, 0) is 55.1 Å². The van der Waals surface area contributed by atoms with Crippen molar-refractivity contribution in [1.29, 1.82) is 5.26 Å². The number of hydrogen-bond acceptors (Lipinski definition) is 6. The van der Waals surface area contributed by atoms with Gasteiger partial charge >= 0.3 is 6.18 Å². The molecule has 2 heterocycles. The Balaban J connectivity index is 1.85. The van der Waals surface area contributed by atoms with E-state index in [1.54, 1.807) is 24.3 Å². The second-order valence-electron chi connectivity index (χ2n) is 7.30. The van der Waals surface area contributed by atoms with Gasteiger partial charge in [-0.25, -0.2) is 5.43 Å². The minimum absolute atomic E-state index is 0.122. The number of phenols is 1. The largest absolute Gasteiger partial charge is 0.508 e. The fourth-order valence-corrected chi connectivity index (χ4v) is 4.60. The third kappa shape index (κ3) is 3.77. The van der Waals surface area contributed by atoms with E-state index in [0.717, 1.165) is 29.0 Å². The molecule has 31 heavy (non-hydrogen) atoms. The lowest BCUT2D eigenvalue weighted by molar-refractivity contribution is -0.137. The highest BCUT2D eigenvalue weighted by molar-refractivity contribution is 7.99. The SMILES string of the molecule is CSC1NN2C(c3ccc(O)cc3)=C(C)C(c3ccc(C(F)(F)F)cc3)=NC2C1C#N. The van der Waals surface area contributed by atoms with Gasteiger partial charge in [0.15, 0.2) is 6.17 Å². The average Bonchev–Trinajstić information content (AvgIpc) is 3.11. The number of hydrazine groups is 1. The molecule has 2 aliphatic heterocycles. The van der Waals surface area contributed by atoms with Crippen LogP contribution in [0.15, 0.2) is 59.1 Å². The van der Waals surface area contributed by atoms with E-state index in [2.05, 4.69) is 11.5 Å². The molecule has 2 N–H and O–H groups in total. The number of nitrogens with zero attached hydrogens (tertiary/aromatic N) is 3. The number of thioether (sulfide) groups is 1. The minimum atomic E-state index is -4.42. The summed E-state index contributed by atoms with van der Waals surface area (Å²) in [5.41, 5.74) is 6.02. The number of benzene rings is 2. The Morgan fingerprint density at radius 2 is 1.71 bits per heavy atom. The van der Waals surface area contributed by atoms with E-state index in [1.807, 2.05) is 18.2 Å². The summed E-state index contributed by atoms with van der Waals surface area (Å²) in [7, 11) is 0. The first-order valence-corrected chi connectivity index (χ1v) is 10.8. The van der Waals surface area contributed by atoms with Crippen molar-refractivity contribution in [2.75, 3.05) is 6.26 Å². The van der Waals surface area contributed by atoms with E-state index < -0.39 is 23.8 Å². The van der Waals surface area contributed by atoms with Gasteiger partial charge in [0.05, 0.1) is 28.4 Å². The Morgan fingerprint density at radius 3 is 2.26 bits per heavy atom. The molecule has 9 heteroatoms. The van der Waals surface area contributed by atoms with Gasteiger partial charge in [0.2, 0.25) is 0 Å². The Morgan fingerprint density at radius 1 is 1.10 bits per heavy atom. The fraction of sp³-hybridized carbons (Fsp3) is 0.273. The van der Waals surface area contributed by atoms with Gasteiger partial charge in [0.25, 0.3) is 0 Å². The number of allylic oxidation sites excluding steroid dienone is 1. The highest BCUT2D eigenvalue weighted by Crippen LogP contribution is 2.40. The topological polar surface area (TPSA) is 71.7 Å². The molecule has 0 radical (unpaired) electrons. The second-order valence-corrected chi connectivity index (χ2v) is 8.28. The first-order chi connectivity index (χ1) is 14.7. The number of hydrogen-bond donors (Lipinski definition) is 2. The lowest BCUT2D eigenvalue weighted by Gasteiger charge is -2.33. The smallest absolute Gasteiger partial charge is 0.416 e. The van der Waals surface area contributed by atoms with Crippen LogP contribution in [-0.4, -0.2) is 33.6 Å². The molecule has 0 aliphatic carbocycles. The third-order valence-corrected chi connectivity index (χ3v) is 6.33. The van der Waals surface area contributed by atoms with Crippen LogP contribution >= 0.6 is 11.8 Å². The van der Waals surface area contributed by atoms with E-state index in [0.29, 0.717) is 11.3 Å². The Labute approximate surface area is 181 Å². The van der Waals surface area contributed by atoms with E-state index in [-0.39, 0.29) is 11.1 Å². The zero-order valence-corrected chi connectivity index (χ0v) is 17.5. The number of halogens is 3. The van der Waals surface area contributed by atoms with Crippen molar-refractivity contribution in [3.8, 4) is 11.8 Å². The second kappa shape index (κ2) is 7.94. The van der Waals surface area contributed by atoms with Crippen LogP contribution in [0.3, 0.4) is 0 Å². The Hall–Kier alpha value is -2.96. The molecule has 3 unspecified atom stereocenters. The first kappa shape index (κ1) is 21.3. The van der Waals surface area contributed by atoms with Gasteiger partial charge in [-0.1, -0.05) is 12.1 Å². The molecule has 2 aromatic rings. The Bertz CT molecular complexity index is 1090. The lowest BCUT2D eigenvalue weighted by atomic mass is 9.94. The van der Waals surface area contributed by atoms with Gasteiger partial charge in [-0.3, -0.25) is 10.0 Å². The van der Waals surface area contributed by atoms with Crippen molar-refractivity contribution < 1.29 is 18.3 Å². The van der Waals surface area contributed by atoms with Gasteiger partial charge in [0, 0.05) is 11.1 Å². The summed E-state index contributed by atoms with van der Waals surface area (Å²) in [5, 5.41) is 21.1. The molecule has 160 valence electrons. The molecule has 4 rings (SSSR count). The van der Waals surface area contributed by atoms with Crippen LogP contribution in [0.2, 0.25) is 0 Å². The van der Waals surface area contributed by atoms with Crippen molar-refractivity contribution in [3.63, 3.8) is 0 Å². The summed E-state index contributed by atoms with van der Waals surface area (Å²) in [6, 6.07) is 13.9. The standard InChI is InChI=1S/C22H19F3N4OS/c1-12-18(13-3-7-15(8-4-13)22(23,24)25)27-20-17(11-26)21(31-2)28-29(20)19(12)14-5-9-16(30)10-6-14/h3-10,17,20-21,28,30H,1-2H3. The van der Waals surface area contributed by atoms with Crippen molar-refractivity contribution in [2.45, 2.75) is 24.6 Å². The van der Waals surface area contributed by atoms with Crippen LogP contribution in [0, 0.1) is 17.2 Å². The molecule has 3 atom stereocenters. The third-order valence-electron chi connectivity index (χ3n) is 5.42. The number of aliphatic imine (C=N–C) groups is 1. The lowest BCUT2D eigenvalue weighted by Crippen LogP contribution is -2.41. The molecule has 2 aromatic carbocycles. The summed E-state index contributed by atoms with van der Waals surface area (Å²) in [5.74, 6) is -0.336. The van der Waals surface area contributed by atoms with Crippen LogP contribution in [0.25, 0.3) is 5.70 Å². The van der Waals surface area contributed by atoms with Gasteiger partial charge in [-0.2, -0.15) is 18.4 Å². The van der Waals surface area contributed by atoms with Crippen molar-refractivity contribution in [3.05, 3.63) is 70.8 Å². The summed E-state index contributed by atoms with van der Waals surface area (Å²) in [4.78, 5) is 4.79. The first-order valence-electron chi connectivity index (χ1n) is 9.48. The van der Waals surface area contributed by atoms with E-state index in [9.17, 15) is 23.5 Å². The van der Waals surface area contributed by atoms with Crippen LogP contribution < -0.4 is 5.43 Å². The quantitative estimate of drug-likeness (QED) is 0.723. The monoisotopic (exact) mass is 444 g/mol. The van der Waals surface area contributed by atoms with E-state index >= 15 is 0 Å². The molecule has 0 amide bonds. The average molecular weight is 444 g/mol. The zero-order chi connectivity index (χ0) is 22.3. The maximum absolute atomic E-state index is 13.0. The molecule has 0 bridgehead atoms. The molecular weight excluding hydrogens is 425 g/mol. The maximum atomic E-state index is 13.0. The number of aromatic hydroxyl groups is 1. The van der Waals surface area contributed by atoms with Crippen molar-refractivity contribution in [2.24, 2.45) is 10.9 Å². The maximum Gasteiger partial charge on any atom is 0.416 e. The molecule has 5 nitrogen and oxygen atoms in total. The normalized spacial score (nSPS) is 23.4. The predicted molar refractivity (Wildman–Crippen MR) is 114 cm³/mol. The van der Waals surface area contributed by atoms with Crippen molar-refractivity contribution in [1.82, 2.24) is 10.4 Å². The summed E-state index contributed by atoms with van der Waals surface area (Å²) >= 11 is 1.50. The molecule has 1 fully saturated rings. The number of rotatable bonds is 3. The van der Waals surface area contributed by atoms with E-state index in [4.69, 9.17) is 4.99 Å². The zero-order valence-electron chi connectivity index (χ0n) is 16.7. The fourth-order valence-electron chi connectivity index (χ4n) is 3.88. The summed E-state index contributed by atoms with van der Waals surface area (Å²) in [6.07, 6.45) is -3.05. The molecule has 0 aromatic heterocycles. The van der Waals surface area contributed by atoms with Gasteiger partial charge in [-0.15, -0.1) is 11.8 Å². The molecule has 0 saturated carbocycles. The number of nitriles is 1. The van der Waals surface area contributed by atoms with Crippen LogP contribution in [0.1, 0.15) is 23.6 Å². The molecule has 2 aliphatic rings. The molecule has 0 spiro atoms. The summed E-state index contributed by atoms with van der Waals surface area (Å²) < 4.78 is 39.0. The minimum Gasteiger partial charge on any atom is -0.508 e. The summed E-state index contributed by atoms with van der Waals surface area (Å²) in [6.45, 7) is 1.85. The molecular formula is C22H19F3N4OS. The number of phenolic OH excluding ortho intramolecular Hbond substituents is 1. The molecule has 1 saturated heterocycles. The number of nitrogens with one attached hydrogen (secondary N) is 1. The number of alkyl halides is 3. The van der Waals surface area contributed by atoms with Gasteiger partial charge in [0.1, 0.15) is 11.7 Å². The number of fused-ring (bicyclic) bond motifs is 1. The highest BCUT2D eigenvalue weighted by atomic mass is 32.2. The van der Waals surface area contributed by atoms with Crippen LogP contribution in [0.4, 0.5) is 13.2 Å². The predicted octanol–water partition coefficient (Wildman–Crippen LogP) is 4.62. The highest BCUT2D eigenvalue weighted by Gasteiger charge is 2.46.